The van der Waals surface area contributed by atoms with Crippen molar-refractivity contribution in [3.8, 4) is 0 Å². The summed E-state index contributed by atoms with van der Waals surface area (Å²) in [5, 5.41) is 5.80. The molecule has 7 nitrogen and oxygen atoms in total. The summed E-state index contributed by atoms with van der Waals surface area (Å²) < 4.78 is 0. The van der Waals surface area contributed by atoms with Gasteiger partial charge in [0.1, 0.15) is 12.1 Å². The molecule has 0 radical (unpaired) electrons. The van der Waals surface area contributed by atoms with Gasteiger partial charge in [-0.1, -0.05) is 50.3 Å². The van der Waals surface area contributed by atoms with Crippen LogP contribution in [0.2, 0.25) is 0 Å². The Morgan fingerprint density at radius 1 is 0.967 bits per heavy atom. The number of hydrogen-bond acceptors (Lipinski definition) is 4. The van der Waals surface area contributed by atoms with E-state index in [-0.39, 0.29) is 18.4 Å². The lowest BCUT2D eigenvalue weighted by molar-refractivity contribution is -0.134. The second kappa shape index (κ2) is 9.16. The summed E-state index contributed by atoms with van der Waals surface area (Å²) in [4.78, 5) is 41.6. The highest BCUT2D eigenvalue weighted by Gasteiger charge is 2.51. The van der Waals surface area contributed by atoms with Gasteiger partial charge < -0.3 is 10.6 Å². The highest BCUT2D eigenvalue weighted by molar-refractivity contribution is 6.10. The zero-order valence-electron chi connectivity index (χ0n) is 17.6. The monoisotopic (exact) mass is 412 g/mol. The number of urea groups is 1. The zero-order chi connectivity index (χ0) is 21.0. The molecular formula is C23H32N4O3. The fourth-order valence-electron chi connectivity index (χ4n) is 4.96. The van der Waals surface area contributed by atoms with E-state index in [0.29, 0.717) is 12.8 Å². The smallest absolute Gasteiger partial charge is 0.324 e. The summed E-state index contributed by atoms with van der Waals surface area (Å²) in [6.07, 6.45) is 9.24. The molecule has 0 aromatic heterocycles. The summed E-state index contributed by atoms with van der Waals surface area (Å²) >= 11 is 0. The van der Waals surface area contributed by atoms with Crippen LogP contribution in [-0.2, 0) is 16.1 Å². The van der Waals surface area contributed by atoms with Crippen LogP contribution in [0, 0.1) is 0 Å². The summed E-state index contributed by atoms with van der Waals surface area (Å²) in [7, 11) is 0. The van der Waals surface area contributed by atoms with Crippen molar-refractivity contribution in [3.05, 3.63) is 29.8 Å². The van der Waals surface area contributed by atoms with Gasteiger partial charge in [0.2, 0.25) is 5.91 Å². The molecule has 3 aliphatic rings. The summed E-state index contributed by atoms with van der Waals surface area (Å²) in [6.45, 7) is 2.70. The van der Waals surface area contributed by atoms with Crippen LogP contribution < -0.4 is 10.6 Å². The van der Waals surface area contributed by atoms with Crippen molar-refractivity contribution in [1.82, 2.24) is 15.1 Å². The molecule has 162 valence electrons. The van der Waals surface area contributed by atoms with E-state index in [1.165, 1.54) is 25.7 Å². The normalized spacial score (nSPS) is 22.1. The molecule has 2 N–H and O–H groups in total. The average molecular weight is 413 g/mol. The Hall–Kier alpha value is -2.41. The first kappa shape index (κ1) is 20.8. The minimum absolute atomic E-state index is 0.246. The molecule has 0 unspecified atom stereocenters. The van der Waals surface area contributed by atoms with Crippen molar-refractivity contribution in [2.24, 2.45) is 0 Å². The number of anilines is 1. The van der Waals surface area contributed by atoms with Crippen LogP contribution in [0.4, 0.5) is 10.5 Å². The molecule has 1 aliphatic carbocycles. The molecule has 1 aromatic rings. The second-order valence-electron chi connectivity index (χ2n) is 8.86. The maximum Gasteiger partial charge on any atom is 0.325 e. The fraction of sp³-hybridized carbons (Fsp3) is 0.609. The van der Waals surface area contributed by atoms with E-state index in [0.717, 1.165) is 55.0 Å². The molecule has 4 amide bonds. The number of nitrogens with one attached hydrogen (secondary N) is 2. The first-order chi connectivity index (χ1) is 14.6. The minimum atomic E-state index is -0.791. The van der Waals surface area contributed by atoms with Crippen LogP contribution in [0.15, 0.2) is 24.3 Å². The molecule has 3 fully saturated rings. The highest BCUT2D eigenvalue weighted by atomic mass is 16.2. The van der Waals surface area contributed by atoms with Gasteiger partial charge >= 0.3 is 6.03 Å². The lowest BCUT2D eigenvalue weighted by Gasteiger charge is -2.30. The topological polar surface area (TPSA) is 81.8 Å². The van der Waals surface area contributed by atoms with Crippen molar-refractivity contribution in [2.75, 3.05) is 25.0 Å². The third-order valence-corrected chi connectivity index (χ3v) is 6.64. The van der Waals surface area contributed by atoms with Crippen LogP contribution in [0.3, 0.4) is 0 Å². The quantitative estimate of drug-likeness (QED) is 0.728. The van der Waals surface area contributed by atoms with Crippen LogP contribution in [0.5, 0.6) is 0 Å². The van der Waals surface area contributed by atoms with E-state index < -0.39 is 11.6 Å². The molecule has 7 heteroatoms. The lowest BCUT2D eigenvalue weighted by atomic mass is 9.82. The predicted octanol–water partition coefficient (Wildman–Crippen LogP) is 3.26. The number of nitrogens with zero attached hydrogens (tertiary/aromatic N) is 2. The third-order valence-electron chi connectivity index (χ3n) is 6.64. The maximum atomic E-state index is 12.9. The SMILES string of the molecule is O=C(CN1C(=O)NC2(CCCCC2)C1=O)Nc1ccccc1CN1CCCCCC1. The largest absolute Gasteiger partial charge is 0.325 e. The second-order valence-corrected chi connectivity index (χ2v) is 8.86. The Morgan fingerprint density at radius 2 is 1.63 bits per heavy atom. The van der Waals surface area contributed by atoms with Crippen molar-refractivity contribution >= 4 is 23.5 Å². The van der Waals surface area contributed by atoms with Crippen molar-refractivity contribution < 1.29 is 14.4 Å². The molecule has 1 saturated carbocycles. The van der Waals surface area contributed by atoms with Gasteiger partial charge in [-0.25, -0.2) is 4.79 Å². The van der Waals surface area contributed by atoms with Crippen molar-refractivity contribution in [1.29, 1.82) is 0 Å². The molecule has 1 aromatic carbocycles. The molecule has 2 heterocycles. The number of carbonyl (C=O) groups is 3. The fourth-order valence-corrected chi connectivity index (χ4v) is 4.96. The Kier molecular flexibility index (Phi) is 6.37. The number of likely N-dealkylation sites (tertiary alicyclic amines) is 1. The standard InChI is InChI=1S/C23H32N4O3/c28-20(17-27-21(29)23(25-22(27)30)12-6-3-7-13-23)24-19-11-5-4-10-18(19)16-26-14-8-1-2-9-15-26/h4-5,10-11H,1-3,6-9,12-17H2,(H,24,28)(H,25,30). The van der Waals surface area contributed by atoms with E-state index in [9.17, 15) is 14.4 Å². The highest BCUT2D eigenvalue weighted by Crippen LogP contribution is 2.33. The average Bonchev–Trinajstić information content (AvgIpc) is 2.92. The summed E-state index contributed by atoms with van der Waals surface area (Å²) in [5.41, 5.74) is 1.03. The number of para-hydroxylation sites is 1. The van der Waals surface area contributed by atoms with Crippen molar-refractivity contribution in [2.45, 2.75) is 69.9 Å². The van der Waals surface area contributed by atoms with Crippen LogP contribution in [-0.4, -0.2) is 52.8 Å². The van der Waals surface area contributed by atoms with Gasteiger partial charge in [0.25, 0.3) is 5.91 Å². The van der Waals surface area contributed by atoms with Gasteiger partial charge in [0.15, 0.2) is 0 Å². The van der Waals surface area contributed by atoms with Gasteiger partial charge in [-0.15, -0.1) is 0 Å². The molecule has 30 heavy (non-hydrogen) atoms. The first-order valence-corrected chi connectivity index (χ1v) is 11.3. The van der Waals surface area contributed by atoms with Crippen LogP contribution in [0.25, 0.3) is 0 Å². The van der Waals surface area contributed by atoms with Gasteiger partial charge in [0, 0.05) is 12.2 Å². The number of hydrogen-bond donors (Lipinski definition) is 2. The summed E-state index contributed by atoms with van der Waals surface area (Å²) in [6, 6.07) is 7.35. The molecule has 2 aliphatic heterocycles. The van der Waals surface area contributed by atoms with Gasteiger partial charge in [-0.05, 0) is 50.4 Å². The molecule has 4 rings (SSSR count). The number of amides is 4. The van der Waals surface area contributed by atoms with E-state index in [1.54, 1.807) is 0 Å². The zero-order valence-corrected chi connectivity index (χ0v) is 17.6. The van der Waals surface area contributed by atoms with E-state index >= 15 is 0 Å². The Bertz CT molecular complexity index is 795. The molecular weight excluding hydrogens is 380 g/mol. The maximum absolute atomic E-state index is 12.9. The first-order valence-electron chi connectivity index (χ1n) is 11.3. The molecule has 2 saturated heterocycles. The third kappa shape index (κ3) is 4.51. The molecule has 1 spiro atoms. The van der Waals surface area contributed by atoms with Gasteiger partial charge in [-0.3, -0.25) is 19.4 Å². The number of rotatable bonds is 5. The molecule has 0 bridgehead atoms. The van der Waals surface area contributed by atoms with Crippen molar-refractivity contribution in [3.63, 3.8) is 0 Å². The van der Waals surface area contributed by atoms with Gasteiger partial charge in [-0.2, -0.15) is 0 Å². The minimum Gasteiger partial charge on any atom is -0.324 e. The van der Waals surface area contributed by atoms with E-state index in [2.05, 4.69) is 15.5 Å². The van der Waals surface area contributed by atoms with E-state index in [1.807, 2.05) is 24.3 Å². The predicted molar refractivity (Wildman–Crippen MR) is 115 cm³/mol. The number of benzene rings is 1. The number of carbonyl (C=O) groups excluding carboxylic acids is 3. The summed E-state index contributed by atoms with van der Waals surface area (Å²) in [5.74, 6) is -0.588. The molecule has 0 atom stereocenters. The Morgan fingerprint density at radius 3 is 2.37 bits per heavy atom. The van der Waals surface area contributed by atoms with Gasteiger partial charge in [0.05, 0.1) is 0 Å². The number of imide groups is 1. The lowest BCUT2D eigenvalue weighted by Crippen LogP contribution is -2.48. The Labute approximate surface area is 178 Å². The van der Waals surface area contributed by atoms with Crippen LogP contribution >= 0.6 is 0 Å². The Balaban J connectivity index is 1.39. The van der Waals surface area contributed by atoms with Crippen LogP contribution in [0.1, 0.15) is 63.4 Å². The van der Waals surface area contributed by atoms with E-state index in [4.69, 9.17) is 0 Å².